The molecule has 4 heteroatoms. The molecule has 2 aromatic carbocycles. The zero-order valence-corrected chi connectivity index (χ0v) is 13.1. The number of rotatable bonds is 4. The largest absolute Gasteiger partial charge is 0.378 e. The molecule has 0 fully saturated rings. The molecule has 2 rings (SSSR count). The molecule has 0 aliphatic rings. The molecule has 2 aromatic rings. The third-order valence-corrected chi connectivity index (χ3v) is 3.27. The quantitative estimate of drug-likeness (QED) is 0.845. The molecule has 2 N–H and O–H groups in total. The van der Waals surface area contributed by atoms with Crippen molar-refractivity contribution in [2.24, 2.45) is 0 Å². The minimum atomic E-state index is -0.218. The molecule has 2 amide bonds. The van der Waals surface area contributed by atoms with Crippen LogP contribution in [0.25, 0.3) is 12.2 Å². The van der Waals surface area contributed by atoms with E-state index in [2.05, 4.69) is 45.9 Å². The highest BCUT2D eigenvalue weighted by Gasteiger charge is 1.97. The number of hydrogen-bond donors (Lipinski definition) is 2. The van der Waals surface area contributed by atoms with Gasteiger partial charge < -0.3 is 15.5 Å². The average molecular weight is 295 g/mol. The van der Waals surface area contributed by atoms with Crippen LogP contribution in [0.2, 0.25) is 0 Å². The first kappa shape index (κ1) is 15.6. The van der Waals surface area contributed by atoms with Crippen LogP contribution in [0.15, 0.2) is 48.5 Å². The van der Waals surface area contributed by atoms with E-state index in [0.29, 0.717) is 0 Å². The second kappa shape index (κ2) is 7.31. The molecule has 0 unspecified atom stereocenters. The van der Waals surface area contributed by atoms with E-state index in [1.165, 1.54) is 5.69 Å². The first-order valence-corrected chi connectivity index (χ1v) is 7.13. The van der Waals surface area contributed by atoms with Gasteiger partial charge in [0.15, 0.2) is 0 Å². The summed E-state index contributed by atoms with van der Waals surface area (Å²) in [5.41, 5.74) is 4.19. The van der Waals surface area contributed by atoms with Crippen molar-refractivity contribution in [2.45, 2.75) is 0 Å². The fraction of sp³-hybridized carbons (Fsp3) is 0.167. The first-order chi connectivity index (χ1) is 10.6. The molecule has 22 heavy (non-hydrogen) atoms. The molecule has 0 bridgehead atoms. The maximum atomic E-state index is 11.2. The maximum Gasteiger partial charge on any atom is 0.318 e. The van der Waals surface area contributed by atoms with Crippen LogP contribution in [-0.2, 0) is 0 Å². The summed E-state index contributed by atoms with van der Waals surface area (Å²) in [5.74, 6) is 0. The van der Waals surface area contributed by atoms with Crippen molar-refractivity contribution in [1.29, 1.82) is 0 Å². The van der Waals surface area contributed by atoms with Crippen LogP contribution in [0.5, 0.6) is 0 Å². The highest BCUT2D eigenvalue weighted by Crippen LogP contribution is 2.15. The van der Waals surface area contributed by atoms with Crippen molar-refractivity contribution >= 4 is 29.6 Å². The number of nitrogens with zero attached hydrogens (tertiary/aromatic N) is 1. The van der Waals surface area contributed by atoms with Gasteiger partial charge in [-0.3, -0.25) is 0 Å². The minimum Gasteiger partial charge on any atom is -0.378 e. The topological polar surface area (TPSA) is 44.4 Å². The molecular formula is C18H21N3O. The number of carbonyl (C=O) groups is 1. The van der Waals surface area contributed by atoms with Crippen molar-refractivity contribution in [3.63, 3.8) is 0 Å². The smallest absolute Gasteiger partial charge is 0.318 e. The van der Waals surface area contributed by atoms with Crippen LogP contribution in [0.1, 0.15) is 11.1 Å². The molecule has 0 aliphatic carbocycles. The summed E-state index contributed by atoms with van der Waals surface area (Å²) in [7, 11) is 5.65. The highest BCUT2D eigenvalue weighted by atomic mass is 16.2. The number of carbonyl (C=O) groups excluding carboxylic acids is 1. The Labute approximate surface area is 131 Å². The van der Waals surface area contributed by atoms with Crippen molar-refractivity contribution in [1.82, 2.24) is 5.32 Å². The minimum absolute atomic E-state index is 0.218. The van der Waals surface area contributed by atoms with Gasteiger partial charge in [-0.2, -0.15) is 0 Å². The fourth-order valence-corrected chi connectivity index (χ4v) is 1.95. The van der Waals surface area contributed by atoms with Gasteiger partial charge in [0.25, 0.3) is 0 Å². The Morgan fingerprint density at radius 2 is 1.41 bits per heavy atom. The molecule has 0 spiro atoms. The summed E-state index contributed by atoms with van der Waals surface area (Å²) < 4.78 is 0. The Morgan fingerprint density at radius 3 is 1.86 bits per heavy atom. The van der Waals surface area contributed by atoms with E-state index >= 15 is 0 Å². The van der Waals surface area contributed by atoms with E-state index in [-0.39, 0.29) is 6.03 Å². The van der Waals surface area contributed by atoms with Crippen LogP contribution in [0.4, 0.5) is 16.2 Å². The predicted molar refractivity (Wildman–Crippen MR) is 94.2 cm³/mol. The molecule has 0 saturated heterocycles. The lowest BCUT2D eigenvalue weighted by molar-refractivity contribution is 0.254. The van der Waals surface area contributed by atoms with E-state index in [4.69, 9.17) is 0 Å². The lowest BCUT2D eigenvalue weighted by atomic mass is 10.1. The van der Waals surface area contributed by atoms with Crippen LogP contribution in [-0.4, -0.2) is 27.2 Å². The zero-order valence-electron chi connectivity index (χ0n) is 13.1. The van der Waals surface area contributed by atoms with Crippen LogP contribution in [0, 0.1) is 0 Å². The van der Waals surface area contributed by atoms with Gasteiger partial charge in [0.2, 0.25) is 0 Å². The molecule has 0 heterocycles. The Hall–Kier alpha value is -2.75. The van der Waals surface area contributed by atoms with E-state index in [1.54, 1.807) is 7.05 Å². The Kier molecular flexibility index (Phi) is 5.20. The summed E-state index contributed by atoms with van der Waals surface area (Å²) >= 11 is 0. The van der Waals surface area contributed by atoms with Crippen LogP contribution < -0.4 is 15.5 Å². The second-order valence-corrected chi connectivity index (χ2v) is 5.15. The Balaban J connectivity index is 2.02. The molecule has 4 nitrogen and oxygen atoms in total. The fourth-order valence-electron chi connectivity index (χ4n) is 1.95. The van der Waals surface area contributed by atoms with Crippen molar-refractivity contribution in [3.05, 3.63) is 59.7 Å². The SMILES string of the molecule is CNC(=O)Nc1ccc(C=Cc2ccc(N(C)C)cc2)cc1. The molecule has 0 radical (unpaired) electrons. The van der Waals surface area contributed by atoms with Gasteiger partial charge >= 0.3 is 6.03 Å². The van der Waals surface area contributed by atoms with Crippen LogP contribution in [0.3, 0.4) is 0 Å². The van der Waals surface area contributed by atoms with Gasteiger partial charge in [0, 0.05) is 32.5 Å². The number of anilines is 2. The van der Waals surface area contributed by atoms with E-state index in [0.717, 1.165) is 16.8 Å². The molecule has 0 atom stereocenters. The monoisotopic (exact) mass is 295 g/mol. The first-order valence-electron chi connectivity index (χ1n) is 7.13. The number of urea groups is 1. The molecule has 114 valence electrons. The second-order valence-electron chi connectivity index (χ2n) is 5.15. The van der Waals surface area contributed by atoms with E-state index in [1.807, 2.05) is 44.4 Å². The molecule has 0 aliphatic heterocycles. The van der Waals surface area contributed by atoms with Gasteiger partial charge in [-0.1, -0.05) is 36.4 Å². The lowest BCUT2D eigenvalue weighted by Crippen LogP contribution is -2.24. The van der Waals surface area contributed by atoms with Crippen molar-refractivity contribution in [2.75, 3.05) is 31.4 Å². The van der Waals surface area contributed by atoms with Crippen molar-refractivity contribution in [3.8, 4) is 0 Å². The number of amides is 2. The Bertz CT molecular complexity index is 643. The highest BCUT2D eigenvalue weighted by molar-refractivity contribution is 5.89. The molecular weight excluding hydrogens is 274 g/mol. The van der Waals surface area contributed by atoms with Crippen LogP contribution >= 0.6 is 0 Å². The number of hydrogen-bond acceptors (Lipinski definition) is 2. The maximum absolute atomic E-state index is 11.2. The van der Waals surface area contributed by atoms with Gasteiger partial charge in [0.1, 0.15) is 0 Å². The number of nitrogens with one attached hydrogen (secondary N) is 2. The average Bonchev–Trinajstić information content (AvgIpc) is 2.54. The molecule has 0 saturated carbocycles. The summed E-state index contributed by atoms with van der Waals surface area (Å²) in [6.07, 6.45) is 4.12. The van der Waals surface area contributed by atoms with Gasteiger partial charge in [0.05, 0.1) is 0 Å². The third-order valence-electron chi connectivity index (χ3n) is 3.27. The number of benzene rings is 2. The standard InChI is InChI=1S/C18H21N3O/c1-19-18(22)20-16-10-6-14(7-11-16)4-5-15-8-12-17(13-9-15)21(2)3/h4-13H,1-3H3,(H2,19,20,22). The summed E-state index contributed by atoms with van der Waals surface area (Å²) in [5, 5.41) is 5.25. The van der Waals surface area contributed by atoms with Crippen molar-refractivity contribution < 1.29 is 4.79 Å². The van der Waals surface area contributed by atoms with Gasteiger partial charge in [-0.05, 0) is 35.4 Å². The molecule has 0 aromatic heterocycles. The third kappa shape index (κ3) is 4.38. The summed E-state index contributed by atoms with van der Waals surface area (Å²) in [6, 6.07) is 15.8. The normalized spacial score (nSPS) is 10.5. The van der Waals surface area contributed by atoms with E-state index in [9.17, 15) is 4.79 Å². The Morgan fingerprint density at radius 1 is 0.909 bits per heavy atom. The predicted octanol–water partition coefficient (Wildman–Crippen LogP) is 3.67. The van der Waals surface area contributed by atoms with E-state index < -0.39 is 0 Å². The van der Waals surface area contributed by atoms with Gasteiger partial charge in [-0.15, -0.1) is 0 Å². The summed E-state index contributed by atoms with van der Waals surface area (Å²) in [4.78, 5) is 13.3. The summed E-state index contributed by atoms with van der Waals surface area (Å²) in [6.45, 7) is 0. The van der Waals surface area contributed by atoms with Gasteiger partial charge in [-0.25, -0.2) is 4.79 Å². The zero-order chi connectivity index (χ0) is 15.9. The lowest BCUT2D eigenvalue weighted by Gasteiger charge is -2.11.